The van der Waals surface area contributed by atoms with Gasteiger partial charge in [-0.2, -0.15) is 0 Å². The average molecular weight is 207 g/mol. The van der Waals surface area contributed by atoms with Gasteiger partial charge in [0.15, 0.2) is 0 Å². The predicted octanol–water partition coefficient (Wildman–Crippen LogP) is 1.04. The van der Waals surface area contributed by atoms with Crippen LogP contribution in [0.4, 0.5) is 0 Å². The first-order chi connectivity index (χ1) is 7.27. The van der Waals surface area contributed by atoms with E-state index in [1.165, 1.54) is 0 Å². The van der Waals surface area contributed by atoms with Gasteiger partial charge in [-0.25, -0.2) is 0 Å². The Morgan fingerprint density at radius 2 is 1.87 bits per heavy atom. The molecule has 1 aliphatic heterocycles. The Morgan fingerprint density at radius 3 is 2.47 bits per heavy atom. The minimum atomic E-state index is -0.157. The lowest BCUT2D eigenvalue weighted by atomic mass is 10.3. The molecule has 1 saturated heterocycles. The number of hydrogen-bond donors (Lipinski definition) is 1. The van der Waals surface area contributed by atoms with Crippen molar-refractivity contribution in [1.29, 1.82) is 0 Å². The van der Waals surface area contributed by atoms with Crippen LogP contribution in [0.5, 0.6) is 0 Å². The fourth-order valence-corrected chi connectivity index (χ4v) is 1.91. The Morgan fingerprint density at radius 1 is 1.27 bits per heavy atom. The van der Waals surface area contributed by atoms with Gasteiger partial charge in [-0.3, -0.25) is 9.47 Å². The van der Waals surface area contributed by atoms with E-state index in [-0.39, 0.29) is 11.9 Å². The van der Waals surface area contributed by atoms with E-state index in [1.807, 2.05) is 41.0 Å². The molecule has 4 nitrogen and oxygen atoms in total. The number of nitrogens with zero attached hydrogens (tertiary/aromatic N) is 2. The molecule has 0 bridgehead atoms. The van der Waals surface area contributed by atoms with Crippen LogP contribution < -0.4 is 5.43 Å². The monoisotopic (exact) mass is 207 g/mol. The van der Waals surface area contributed by atoms with Crippen molar-refractivity contribution in [2.75, 3.05) is 18.5 Å². The van der Waals surface area contributed by atoms with E-state index in [0.717, 1.165) is 25.9 Å². The van der Waals surface area contributed by atoms with Crippen LogP contribution in [0.15, 0.2) is 24.5 Å². The summed E-state index contributed by atoms with van der Waals surface area (Å²) in [5.74, 6) is 0.196. The molecule has 1 N–H and O–H groups in total. The number of nitrogens with one attached hydrogen (secondary N) is 1. The van der Waals surface area contributed by atoms with E-state index in [9.17, 15) is 4.79 Å². The first-order valence-corrected chi connectivity index (χ1v) is 5.45. The number of amides is 1. The molecule has 1 aromatic heterocycles. The van der Waals surface area contributed by atoms with Crippen LogP contribution in [0.2, 0.25) is 0 Å². The Kier molecular flexibility index (Phi) is 2.94. The Balaban J connectivity index is 1.89. The highest BCUT2D eigenvalue weighted by Crippen LogP contribution is 2.09. The molecule has 4 heteroatoms. The standard InChI is InChI=1S/C11H17N3O/c1-10(12-14-8-4-5-9-14)11(15)13-6-2-3-7-13/h4-5,8-10,12H,2-3,6-7H2,1H3. The van der Waals surface area contributed by atoms with E-state index in [2.05, 4.69) is 5.43 Å². The SMILES string of the molecule is CC(Nn1cccc1)C(=O)N1CCCC1. The van der Waals surface area contributed by atoms with Crippen LogP contribution in [0, 0.1) is 0 Å². The van der Waals surface area contributed by atoms with E-state index in [0.29, 0.717) is 0 Å². The molecule has 0 aliphatic carbocycles. The molecule has 1 aromatic rings. The molecule has 2 heterocycles. The van der Waals surface area contributed by atoms with Crippen LogP contribution in [0.25, 0.3) is 0 Å². The fourth-order valence-electron chi connectivity index (χ4n) is 1.91. The van der Waals surface area contributed by atoms with Crippen molar-refractivity contribution in [2.24, 2.45) is 0 Å². The highest BCUT2D eigenvalue weighted by atomic mass is 16.2. The van der Waals surface area contributed by atoms with Gasteiger partial charge in [0.2, 0.25) is 5.91 Å². The number of aromatic nitrogens is 1. The molecule has 1 fully saturated rings. The van der Waals surface area contributed by atoms with Gasteiger partial charge in [-0.05, 0) is 31.9 Å². The molecule has 2 rings (SSSR count). The molecular weight excluding hydrogens is 190 g/mol. The minimum absolute atomic E-state index is 0.157. The van der Waals surface area contributed by atoms with Crippen LogP contribution in [0.3, 0.4) is 0 Å². The maximum atomic E-state index is 11.9. The van der Waals surface area contributed by atoms with Gasteiger partial charge in [0.25, 0.3) is 0 Å². The van der Waals surface area contributed by atoms with Crippen molar-refractivity contribution in [3.8, 4) is 0 Å². The summed E-state index contributed by atoms with van der Waals surface area (Å²) in [5, 5.41) is 0. The summed E-state index contributed by atoms with van der Waals surface area (Å²) in [4.78, 5) is 13.9. The highest BCUT2D eigenvalue weighted by molar-refractivity contribution is 5.82. The smallest absolute Gasteiger partial charge is 0.246 e. The van der Waals surface area contributed by atoms with Crippen LogP contribution in [-0.2, 0) is 4.79 Å². The number of likely N-dealkylation sites (tertiary alicyclic amines) is 1. The second-order valence-corrected chi connectivity index (χ2v) is 3.97. The second kappa shape index (κ2) is 4.38. The Hall–Kier alpha value is -1.45. The summed E-state index contributed by atoms with van der Waals surface area (Å²) in [6, 6.07) is 3.70. The van der Waals surface area contributed by atoms with Gasteiger partial charge >= 0.3 is 0 Å². The summed E-state index contributed by atoms with van der Waals surface area (Å²) in [6.45, 7) is 3.73. The molecule has 0 radical (unpaired) electrons. The predicted molar refractivity (Wildman–Crippen MR) is 59.1 cm³/mol. The second-order valence-electron chi connectivity index (χ2n) is 3.97. The summed E-state index contributed by atoms with van der Waals surface area (Å²) in [5.41, 5.74) is 3.12. The van der Waals surface area contributed by atoms with Crippen LogP contribution >= 0.6 is 0 Å². The lowest BCUT2D eigenvalue weighted by Gasteiger charge is -2.22. The van der Waals surface area contributed by atoms with Crippen LogP contribution in [0.1, 0.15) is 19.8 Å². The zero-order valence-electron chi connectivity index (χ0n) is 9.02. The molecular formula is C11H17N3O. The lowest BCUT2D eigenvalue weighted by Crippen LogP contribution is -2.42. The van der Waals surface area contributed by atoms with E-state index >= 15 is 0 Å². The molecule has 82 valence electrons. The van der Waals surface area contributed by atoms with Gasteiger partial charge in [0.05, 0.1) is 0 Å². The minimum Gasteiger partial charge on any atom is -0.341 e. The fraction of sp³-hybridized carbons (Fsp3) is 0.545. The van der Waals surface area contributed by atoms with Gasteiger partial charge < -0.3 is 10.3 Å². The molecule has 0 aromatic carbocycles. The van der Waals surface area contributed by atoms with Crippen molar-refractivity contribution >= 4 is 5.91 Å². The van der Waals surface area contributed by atoms with E-state index in [4.69, 9.17) is 0 Å². The topological polar surface area (TPSA) is 37.3 Å². The largest absolute Gasteiger partial charge is 0.341 e. The van der Waals surface area contributed by atoms with Crippen molar-refractivity contribution in [3.63, 3.8) is 0 Å². The first kappa shape index (κ1) is 10.1. The van der Waals surface area contributed by atoms with Crippen molar-refractivity contribution in [1.82, 2.24) is 9.58 Å². The normalized spacial score (nSPS) is 17.8. The molecule has 0 spiro atoms. The molecule has 1 unspecified atom stereocenters. The van der Waals surface area contributed by atoms with Crippen molar-refractivity contribution in [2.45, 2.75) is 25.8 Å². The average Bonchev–Trinajstić information content (AvgIpc) is 2.88. The number of rotatable bonds is 3. The Labute approximate surface area is 89.8 Å². The van der Waals surface area contributed by atoms with E-state index in [1.54, 1.807) is 0 Å². The molecule has 1 aliphatic rings. The number of hydrogen-bond acceptors (Lipinski definition) is 2. The van der Waals surface area contributed by atoms with Gasteiger partial charge in [0, 0.05) is 25.5 Å². The summed E-state index contributed by atoms with van der Waals surface area (Å²) in [6.07, 6.45) is 6.07. The van der Waals surface area contributed by atoms with Crippen LogP contribution in [-0.4, -0.2) is 34.6 Å². The van der Waals surface area contributed by atoms with Gasteiger partial charge in [-0.1, -0.05) is 0 Å². The number of carbonyl (C=O) groups excluding carboxylic acids is 1. The zero-order valence-corrected chi connectivity index (χ0v) is 9.02. The lowest BCUT2D eigenvalue weighted by molar-refractivity contribution is -0.130. The third kappa shape index (κ3) is 2.32. The quantitative estimate of drug-likeness (QED) is 0.804. The summed E-state index contributed by atoms with van der Waals surface area (Å²) >= 11 is 0. The molecule has 1 atom stereocenters. The molecule has 15 heavy (non-hydrogen) atoms. The summed E-state index contributed by atoms with van der Waals surface area (Å²) in [7, 11) is 0. The Bertz CT molecular complexity index is 315. The third-order valence-corrected chi connectivity index (χ3v) is 2.74. The summed E-state index contributed by atoms with van der Waals surface area (Å²) < 4.78 is 1.82. The zero-order chi connectivity index (χ0) is 10.7. The van der Waals surface area contributed by atoms with Crippen molar-refractivity contribution in [3.05, 3.63) is 24.5 Å². The first-order valence-electron chi connectivity index (χ1n) is 5.45. The molecule has 0 saturated carbocycles. The van der Waals surface area contributed by atoms with Gasteiger partial charge in [-0.15, -0.1) is 0 Å². The third-order valence-electron chi connectivity index (χ3n) is 2.74. The highest BCUT2D eigenvalue weighted by Gasteiger charge is 2.22. The van der Waals surface area contributed by atoms with Crippen molar-refractivity contribution < 1.29 is 4.79 Å². The molecule has 1 amide bonds. The maximum Gasteiger partial charge on any atom is 0.246 e. The maximum absolute atomic E-state index is 11.9. The van der Waals surface area contributed by atoms with E-state index < -0.39 is 0 Å². The number of carbonyl (C=O) groups is 1. The van der Waals surface area contributed by atoms with Gasteiger partial charge in [0.1, 0.15) is 6.04 Å².